The lowest BCUT2D eigenvalue weighted by Crippen LogP contribution is -2.24. The zero-order valence-corrected chi connectivity index (χ0v) is 16.4. The summed E-state index contributed by atoms with van der Waals surface area (Å²) < 4.78 is 1.53. The topological polar surface area (TPSA) is 72.2 Å². The van der Waals surface area contributed by atoms with Crippen molar-refractivity contribution in [2.75, 3.05) is 0 Å². The maximum absolute atomic E-state index is 13.3. The Bertz CT molecular complexity index is 1260. The van der Waals surface area contributed by atoms with E-state index < -0.39 is 5.97 Å². The van der Waals surface area contributed by atoms with Crippen LogP contribution in [0.25, 0.3) is 21.6 Å². The normalized spacial score (nSPS) is 11.1. The molecule has 0 fully saturated rings. The maximum atomic E-state index is 13.3. The van der Waals surface area contributed by atoms with E-state index in [4.69, 9.17) is 11.6 Å². The van der Waals surface area contributed by atoms with Gasteiger partial charge in [-0.25, -0.2) is 9.78 Å². The summed E-state index contributed by atoms with van der Waals surface area (Å²) in [5.74, 6) is -0.624. The first-order chi connectivity index (χ1) is 13.4. The lowest BCUT2D eigenvalue weighted by atomic mass is 10.1. The molecular formula is C21H15ClN2O3S. The van der Waals surface area contributed by atoms with Crippen LogP contribution in [-0.4, -0.2) is 20.6 Å². The molecule has 2 aromatic heterocycles. The average Bonchev–Trinajstić information content (AvgIpc) is 3.10. The molecule has 0 aliphatic rings. The number of hydrogen-bond acceptors (Lipinski definition) is 4. The van der Waals surface area contributed by atoms with Crippen LogP contribution >= 0.6 is 22.9 Å². The Hall–Kier alpha value is -2.96. The van der Waals surface area contributed by atoms with Gasteiger partial charge in [-0.1, -0.05) is 47.5 Å². The standard InChI is InChI=1S/C21H15ClN2O3S/c1-12-3-2-4-14(9-12)18-23-19-17(16(11-28-19)21(26)27)20(25)24(18)10-13-5-7-15(22)8-6-13/h2-9,11H,10H2,1H3,(H,26,27). The van der Waals surface area contributed by atoms with Crippen LogP contribution in [0.1, 0.15) is 21.5 Å². The number of carboxylic acids is 1. The average molecular weight is 411 g/mol. The van der Waals surface area contributed by atoms with Crippen molar-refractivity contribution in [1.29, 1.82) is 0 Å². The van der Waals surface area contributed by atoms with Gasteiger partial charge < -0.3 is 5.11 Å². The molecule has 0 aliphatic heterocycles. The molecule has 7 heteroatoms. The van der Waals surface area contributed by atoms with Gasteiger partial charge in [0.1, 0.15) is 10.7 Å². The van der Waals surface area contributed by atoms with Gasteiger partial charge in [0.15, 0.2) is 0 Å². The van der Waals surface area contributed by atoms with Gasteiger partial charge in [-0.05, 0) is 30.7 Å². The van der Waals surface area contributed by atoms with Gasteiger partial charge in [-0.15, -0.1) is 11.3 Å². The number of fused-ring (bicyclic) bond motifs is 1. The summed E-state index contributed by atoms with van der Waals surface area (Å²) in [5, 5.41) is 11.7. The highest BCUT2D eigenvalue weighted by Crippen LogP contribution is 2.26. The second-order valence-electron chi connectivity index (χ2n) is 6.46. The zero-order chi connectivity index (χ0) is 19.8. The molecule has 4 rings (SSSR count). The Morgan fingerprint density at radius 3 is 2.64 bits per heavy atom. The summed E-state index contributed by atoms with van der Waals surface area (Å²) in [6.45, 7) is 2.23. The van der Waals surface area contributed by atoms with Crippen molar-refractivity contribution in [3.05, 3.63) is 86.0 Å². The van der Waals surface area contributed by atoms with Gasteiger partial charge in [0.25, 0.3) is 5.56 Å². The molecule has 2 heterocycles. The largest absolute Gasteiger partial charge is 0.478 e. The van der Waals surface area contributed by atoms with Gasteiger partial charge in [0, 0.05) is 16.0 Å². The smallest absolute Gasteiger partial charge is 0.337 e. The number of nitrogens with zero attached hydrogens (tertiary/aromatic N) is 2. The first-order valence-corrected chi connectivity index (χ1v) is 9.76. The molecule has 140 valence electrons. The van der Waals surface area contributed by atoms with E-state index in [1.165, 1.54) is 9.95 Å². The van der Waals surface area contributed by atoms with Crippen molar-refractivity contribution in [1.82, 2.24) is 9.55 Å². The Kier molecular flexibility index (Phi) is 4.75. The highest BCUT2D eigenvalue weighted by atomic mass is 35.5. The second kappa shape index (κ2) is 7.22. The second-order valence-corrected chi connectivity index (χ2v) is 7.75. The van der Waals surface area contributed by atoms with Crippen LogP contribution in [0.15, 0.2) is 58.7 Å². The molecule has 28 heavy (non-hydrogen) atoms. The monoisotopic (exact) mass is 410 g/mol. The number of aromatic nitrogens is 2. The van der Waals surface area contributed by atoms with Crippen LogP contribution in [0.3, 0.4) is 0 Å². The molecule has 0 spiro atoms. The summed E-state index contributed by atoms with van der Waals surface area (Å²) in [5.41, 5.74) is 2.34. The van der Waals surface area contributed by atoms with E-state index in [-0.39, 0.29) is 23.1 Å². The van der Waals surface area contributed by atoms with E-state index in [0.29, 0.717) is 15.7 Å². The predicted molar refractivity (Wildman–Crippen MR) is 112 cm³/mol. The van der Waals surface area contributed by atoms with Crippen LogP contribution in [-0.2, 0) is 6.54 Å². The van der Waals surface area contributed by atoms with E-state index in [2.05, 4.69) is 4.98 Å². The number of aromatic carboxylic acids is 1. The Balaban J connectivity index is 1.99. The molecular weight excluding hydrogens is 396 g/mol. The summed E-state index contributed by atoms with van der Waals surface area (Å²) in [6, 6.07) is 14.9. The quantitative estimate of drug-likeness (QED) is 0.522. The minimum absolute atomic E-state index is 0.0156. The van der Waals surface area contributed by atoms with Crippen molar-refractivity contribution in [2.24, 2.45) is 0 Å². The molecule has 0 saturated carbocycles. The van der Waals surface area contributed by atoms with E-state index in [0.717, 1.165) is 28.0 Å². The number of carbonyl (C=O) groups is 1. The highest BCUT2D eigenvalue weighted by molar-refractivity contribution is 7.17. The molecule has 0 radical (unpaired) electrons. The van der Waals surface area contributed by atoms with Crippen LogP contribution in [0.2, 0.25) is 5.02 Å². The van der Waals surface area contributed by atoms with Crippen molar-refractivity contribution < 1.29 is 9.90 Å². The molecule has 0 atom stereocenters. The molecule has 0 saturated heterocycles. The number of aryl methyl sites for hydroxylation is 1. The summed E-state index contributed by atoms with van der Waals surface area (Å²) >= 11 is 7.13. The minimum Gasteiger partial charge on any atom is -0.478 e. The summed E-state index contributed by atoms with van der Waals surface area (Å²) in [4.78, 5) is 29.9. The SMILES string of the molecule is Cc1cccc(-c2nc3scc(C(=O)O)c3c(=O)n2Cc2ccc(Cl)cc2)c1. The van der Waals surface area contributed by atoms with E-state index in [9.17, 15) is 14.7 Å². The first-order valence-electron chi connectivity index (χ1n) is 8.51. The Labute approximate surface area is 169 Å². The molecule has 1 N–H and O–H groups in total. The van der Waals surface area contributed by atoms with E-state index >= 15 is 0 Å². The number of thiophene rings is 1. The van der Waals surface area contributed by atoms with Gasteiger partial charge in [-0.3, -0.25) is 9.36 Å². The van der Waals surface area contributed by atoms with Crippen molar-refractivity contribution in [2.45, 2.75) is 13.5 Å². The van der Waals surface area contributed by atoms with E-state index in [1.54, 1.807) is 12.1 Å². The zero-order valence-electron chi connectivity index (χ0n) is 14.8. The van der Waals surface area contributed by atoms with Crippen LogP contribution in [0.5, 0.6) is 0 Å². The number of rotatable bonds is 4. The van der Waals surface area contributed by atoms with Gasteiger partial charge in [0.05, 0.1) is 17.5 Å². The molecule has 0 bridgehead atoms. The van der Waals surface area contributed by atoms with Gasteiger partial charge in [0.2, 0.25) is 0 Å². The number of halogens is 1. The molecule has 2 aromatic carbocycles. The molecule has 0 unspecified atom stereocenters. The molecule has 5 nitrogen and oxygen atoms in total. The third-order valence-corrected chi connectivity index (χ3v) is 5.58. The third kappa shape index (κ3) is 3.32. The molecule has 0 aliphatic carbocycles. The predicted octanol–water partition coefficient (Wildman–Crippen LogP) is 4.83. The summed E-state index contributed by atoms with van der Waals surface area (Å²) in [7, 11) is 0. The first kappa shape index (κ1) is 18.4. The fourth-order valence-electron chi connectivity index (χ4n) is 3.11. The molecule has 4 aromatic rings. The fraction of sp³-hybridized carbons (Fsp3) is 0.0952. The van der Waals surface area contributed by atoms with Crippen LogP contribution in [0, 0.1) is 6.92 Å². The lowest BCUT2D eigenvalue weighted by molar-refractivity contribution is 0.0699. The summed E-state index contributed by atoms with van der Waals surface area (Å²) in [6.07, 6.45) is 0. The molecule has 0 amide bonds. The van der Waals surface area contributed by atoms with Gasteiger partial charge >= 0.3 is 5.97 Å². The number of carboxylic acid groups (broad SMARTS) is 1. The number of hydrogen-bond donors (Lipinski definition) is 1. The van der Waals surface area contributed by atoms with Crippen molar-refractivity contribution in [3.63, 3.8) is 0 Å². The minimum atomic E-state index is -1.13. The highest BCUT2D eigenvalue weighted by Gasteiger charge is 2.20. The van der Waals surface area contributed by atoms with Crippen molar-refractivity contribution in [3.8, 4) is 11.4 Å². The Morgan fingerprint density at radius 2 is 1.96 bits per heavy atom. The van der Waals surface area contributed by atoms with Crippen molar-refractivity contribution >= 4 is 39.1 Å². The third-order valence-electron chi connectivity index (χ3n) is 4.45. The van der Waals surface area contributed by atoms with Crippen LogP contribution < -0.4 is 5.56 Å². The lowest BCUT2D eigenvalue weighted by Gasteiger charge is -2.13. The van der Waals surface area contributed by atoms with Crippen LogP contribution in [0.4, 0.5) is 0 Å². The van der Waals surface area contributed by atoms with E-state index in [1.807, 2.05) is 43.3 Å². The fourth-order valence-corrected chi connectivity index (χ4v) is 4.13. The Morgan fingerprint density at radius 1 is 1.21 bits per heavy atom. The van der Waals surface area contributed by atoms with Gasteiger partial charge in [-0.2, -0.15) is 0 Å². The number of benzene rings is 2. The maximum Gasteiger partial charge on any atom is 0.337 e.